The van der Waals surface area contributed by atoms with Gasteiger partial charge in [0.15, 0.2) is 3.68 Å². The van der Waals surface area contributed by atoms with Crippen molar-refractivity contribution >= 4 is 22.6 Å². The van der Waals surface area contributed by atoms with Crippen molar-refractivity contribution in [3.05, 3.63) is 12.2 Å². The predicted octanol–water partition coefficient (Wildman–Crippen LogP) is 2.68. The van der Waals surface area contributed by atoms with E-state index in [1.165, 1.54) is 6.92 Å². The fraction of sp³-hybridized carbons (Fsp3) is 0.600. The molecular weight excluding hydrogens is 206 g/mol. The van der Waals surface area contributed by atoms with Gasteiger partial charge in [0.25, 0.3) is 0 Å². The maximum atomic E-state index is 12.4. The van der Waals surface area contributed by atoms with Crippen molar-refractivity contribution in [2.45, 2.75) is 17.5 Å². The summed E-state index contributed by atoms with van der Waals surface area (Å²) in [7, 11) is 0. The molecule has 7 heavy (non-hydrogen) atoms. The monoisotopic (exact) mass is 214 g/mol. The van der Waals surface area contributed by atoms with Crippen LogP contribution >= 0.6 is 22.6 Å². The fourth-order valence-corrected chi connectivity index (χ4v) is 0. The summed E-state index contributed by atoms with van der Waals surface area (Å²) in [4.78, 5) is 0. The molecule has 0 spiro atoms. The third kappa shape index (κ3) is 3.02. The van der Waals surface area contributed by atoms with Crippen molar-refractivity contribution in [2.75, 3.05) is 0 Å². The SMILES string of the molecule is C=C(C)C(C)(F)I. The Morgan fingerprint density at radius 1 is 1.86 bits per heavy atom. The minimum Gasteiger partial charge on any atom is -0.228 e. The molecule has 0 aliphatic carbocycles. The molecule has 0 fully saturated rings. The number of alkyl halides is 2. The Hall–Kier alpha value is 0.400. The molecule has 0 saturated carbocycles. The average molecular weight is 214 g/mol. The van der Waals surface area contributed by atoms with Gasteiger partial charge in [-0.1, -0.05) is 6.58 Å². The lowest BCUT2D eigenvalue weighted by Gasteiger charge is -2.09. The minimum absolute atomic E-state index is 0.563. The van der Waals surface area contributed by atoms with E-state index in [9.17, 15) is 4.39 Å². The second-order valence-electron chi connectivity index (χ2n) is 1.67. The van der Waals surface area contributed by atoms with Crippen molar-refractivity contribution in [1.29, 1.82) is 0 Å². The van der Waals surface area contributed by atoms with E-state index in [4.69, 9.17) is 0 Å². The van der Waals surface area contributed by atoms with Crippen LogP contribution in [0.1, 0.15) is 13.8 Å². The van der Waals surface area contributed by atoms with Crippen molar-refractivity contribution in [2.24, 2.45) is 0 Å². The van der Waals surface area contributed by atoms with Crippen LogP contribution < -0.4 is 0 Å². The van der Waals surface area contributed by atoms with Gasteiger partial charge in [0.05, 0.1) is 0 Å². The summed E-state index contributed by atoms with van der Waals surface area (Å²) in [6.45, 7) is 6.60. The Bertz CT molecular complexity index is 80.6. The lowest BCUT2D eigenvalue weighted by Crippen LogP contribution is -2.06. The van der Waals surface area contributed by atoms with Gasteiger partial charge >= 0.3 is 0 Å². The van der Waals surface area contributed by atoms with Crippen LogP contribution in [0.3, 0.4) is 0 Å². The summed E-state index contributed by atoms with van der Waals surface area (Å²) in [6.07, 6.45) is 0. The summed E-state index contributed by atoms with van der Waals surface area (Å²) in [5, 5.41) is 0. The Balaban J connectivity index is 3.79. The van der Waals surface area contributed by atoms with Crippen molar-refractivity contribution in [1.82, 2.24) is 0 Å². The molecule has 0 heterocycles. The van der Waals surface area contributed by atoms with E-state index in [0.29, 0.717) is 5.57 Å². The normalized spacial score (nSPS) is 18.3. The van der Waals surface area contributed by atoms with Crippen LogP contribution in [-0.4, -0.2) is 3.68 Å². The molecule has 0 saturated heterocycles. The fourth-order valence-electron chi connectivity index (χ4n) is 0. The second-order valence-corrected chi connectivity index (χ2v) is 3.69. The first-order valence-corrected chi connectivity index (χ1v) is 3.06. The summed E-state index contributed by atoms with van der Waals surface area (Å²) in [5.74, 6) is 0. The third-order valence-corrected chi connectivity index (χ3v) is 1.67. The smallest absolute Gasteiger partial charge is 0.178 e. The zero-order valence-electron chi connectivity index (χ0n) is 4.46. The van der Waals surface area contributed by atoms with Gasteiger partial charge in [-0.05, 0) is 42.0 Å². The zero-order chi connectivity index (χ0) is 6.08. The van der Waals surface area contributed by atoms with E-state index >= 15 is 0 Å². The summed E-state index contributed by atoms with van der Waals surface area (Å²) < 4.78 is 11.2. The molecule has 1 atom stereocenters. The van der Waals surface area contributed by atoms with E-state index in [-0.39, 0.29) is 0 Å². The molecule has 0 aliphatic heterocycles. The topological polar surface area (TPSA) is 0 Å². The first-order valence-electron chi connectivity index (χ1n) is 1.98. The van der Waals surface area contributed by atoms with Crippen LogP contribution in [0, 0.1) is 0 Å². The van der Waals surface area contributed by atoms with Gasteiger partial charge in [0, 0.05) is 0 Å². The van der Waals surface area contributed by atoms with E-state index in [1.807, 2.05) is 0 Å². The minimum atomic E-state index is -1.22. The molecule has 1 unspecified atom stereocenters. The predicted molar refractivity (Wildman–Crippen MR) is 38.3 cm³/mol. The van der Waals surface area contributed by atoms with E-state index in [1.54, 1.807) is 29.5 Å². The summed E-state index contributed by atoms with van der Waals surface area (Å²) in [6, 6.07) is 0. The molecule has 0 radical (unpaired) electrons. The highest BCUT2D eigenvalue weighted by atomic mass is 127. The Morgan fingerprint density at radius 2 is 2.00 bits per heavy atom. The molecule has 0 amide bonds. The standard InChI is InChI=1S/C5H8FI/c1-4(2)5(3,6)7/h1H2,2-3H3. The largest absolute Gasteiger partial charge is 0.228 e. The number of halogens is 2. The van der Waals surface area contributed by atoms with E-state index < -0.39 is 3.68 Å². The van der Waals surface area contributed by atoms with E-state index in [0.717, 1.165) is 0 Å². The highest BCUT2D eigenvalue weighted by Gasteiger charge is 2.17. The first-order chi connectivity index (χ1) is 2.94. The van der Waals surface area contributed by atoms with Crippen molar-refractivity contribution in [3.63, 3.8) is 0 Å². The van der Waals surface area contributed by atoms with Crippen LogP contribution in [0.5, 0.6) is 0 Å². The van der Waals surface area contributed by atoms with Crippen molar-refractivity contribution < 1.29 is 4.39 Å². The molecule has 0 nitrogen and oxygen atoms in total. The molecule has 0 N–H and O–H groups in total. The number of hydrogen-bond donors (Lipinski definition) is 0. The van der Waals surface area contributed by atoms with Gasteiger partial charge in [0.2, 0.25) is 0 Å². The number of hydrogen-bond acceptors (Lipinski definition) is 0. The quantitative estimate of drug-likeness (QED) is 0.357. The second kappa shape index (κ2) is 2.11. The van der Waals surface area contributed by atoms with Crippen LogP contribution in [0.25, 0.3) is 0 Å². The van der Waals surface area contributed by atoms with Crippen LogP contribution in [0.4, 0.5) is 4.39 Å². The Kier molecular flexibility index (Phi) is 2.23. The Morgan fingerprint density at radius 3 is 2.00 bits per heavy atom. The maximum Gasteiger partial charge on any atom is 0.178 e. The van der Waals surface area contributed by atoms with E-state index in [2.05, 4.69) is 6.58 Å². The highest BCUT2D eigenvalue weighted by molar-refractivity contribution is 14.1. The van der Waals surface area contributed by atoms with Gasteiger partial charge in [-0.25, -0.2) is 4.39 Å². The molecule has 2 heteroatoms. The van der Waals surface area contributed by atoms with Crippen molar-refractivity contribution in [3.8, 4) is 0 Å². The summed E-state index contributed by atoms with van der Waals surface area (Å²) in [5.41, 5.74) is 0.563. The van der Waals surface area contributed by atoms with Gasteiger partial charge in [-0.15, -0.1) is 0 Å². The lowest BCUT2D eigenvalue weighted by molar-refractivity contribution is 0.391. The van der Waals surface area contributed by atoms with Gasteiger partial charge in [-0.2, -0.15) is 0 Å². The average Bonchev–Trinajstić information content (AvgIpc) is 1.31. The molecule has 0 aromatic rings. The van der Waals surface area contributed by atoms with Gasteiger partial charge < -0.3 is 0 Å². The molecule has 42 valence electrons. The zero-order valence-corrected chi connectivity index (χ0v) is 6.62. The molecule has 0 aliphatic rings. The number of allylic oxidation sites excluding steroid dienone is 1. The van der Waals surface area contributed by atoms with Crippen LogP contribution in [-0.2, 0) is 0 Å². The third-order valence-electron chi connectivity index (χ3n) is 0.749. The first kappa shape index (κ1) is 7.40. The molecule has 0 aromatic carbocycles. The maximum absolute atomic E-state index is 12.4. The molecule has 0 rings (SSSR count). The van der Waals surface area contributed by atoms with Crippen LogP contribution in [0.15, 0.2) is 12.2 Å². The van der Waals surface area contributed by atoms with Gasteiger partial charge in [0.1, 0.15) is 0 Å². The Labute approximate surface area is 56.9 Å². The van der Waals surface area contributed by atoms with Crippen LogP contribution in [0.2, 0.25) is 0 Å². The lowest BCUT2D eigenvalue weighted by atomic mass is 10.2. The van der Waals surface area contributed by atoms with Gasteiger partial charge in [-0.3, -0.25) is 0 Å². The number of rotatable bonds is 1. The molecule has 0 bridgehead atoms. The molecular formula is C5H8FI. The summed E-state index contributed by atoms with van der Waals surface area (Å²) >= 11 is 1.70. The molecule has 0 aromatic heterocycles. The highest BCUT2D eigenvalue weighted by Crippen LogP contribution is 2.26.